The van der Waals surface area contributed by atoms with E-state index in [0.717, 1.165) is 32.1 Å². The van der Waals surface area contributed by atoms with E-state index in [1.165, 1.54) is 6.33 Å². The molecule has 5 aromatic rings. The van der Waals surface area contributed by atoms with E-state index >= 15 is 0 Å². The van der Waals surface area contributed by atoms with Gasteiger partial charge in [0.05, 0.1) is 5.52 Å². The first-order valence-electron chi connectivity index (χ1n) is 9.55. The van der Waals surface area contributed by atoms with E-state index in [1.54, 1.807) is 6.20 Å². The Kier molecular flexibility index (Phi) is 4.83. The zero-order chi connectivity index (χ0) is 21.4. The highest BCUT2D eigenvalue weighted by atomic mass is 79.9. The summed E-state index contributed by atoms with van der Waals surface area (Å²) in [6.45, 7) is 1.96. The number of nitrogens with zero attached hydrogens (tertiary/aromatic N) is 4. The number of benzene rings is 2. The molecule has 3 N–H and O–H groups in total. The molecule has 7 nitrogen and oxygen atoms in total. The monoisotopic (exact) mass is 472 g/mol. The molecule has 0 saturated heterocycles. The summed E-state index contributed by atoms with van der Waals surface area (Å²) in [6, 6.07) is 17.4. The van der Waals surface area contributed by atoms with E-state index in [2.05, 4.69) is 41.2 Å². The molecule has 0 unspecified atom stereocenters. The molecule has 152 valence electrons. The second-order valence-corrected chi connectivity index (χ2v) is 7.79. The summed E-state index contributed by atoms with van der Waals surface area (Å²) in [4.78, 5) is 17.5. The lowest BCUT2D eigenvalue weighted by molar-refractivity contribution is 0.469. The Labute approximate surface area is 186 Å². The zero-order valence-electron chi connectivity index (χ0n) is 16.5. The van der Waals surface area contributed by atoms with E-state index in [4.69, 9.17) is 10.5 Å². The number of nitrogen functional groups attached to an aromatic ring is 1. The van der Waals surface area contributed by atoms with Gasteiger partial charge in [0.25, 0.3) is 0 Å². The second kappa shape index (κ2) is 7.81. The summed E-state index contributed by atoms with van der Waals surface area (Å²) in [5.41, 5.74) is 10.1. The molecule has 3 heterocycles. The number of fused-ring (bicyclic) bond motifs is 2. The Bertz CT molecular complexity index is 1440. The smallest absolute Gasteiger partial charge is 0.248 e. The summed E-state index contributed by atoms with van der Waals surface area (Å²) in [5, 5.41) is 5.19. The van der Waals surface area contributed by atoms with E-state index in [-0.39, 0.29) is 5.88 Å². The van der Waals surface area contributed by atoms with Gasteiger partial charge in [-0.15, -0.1) is 0 Å². The summed E-state index contributed by atoms with van der Waals surface area (Å²) >= 11 is 3.54. The minimum Gasteiger partial charge on any atom is -0.435 e. The van der Waals surface area contributed by atoms with Crippen LogP contribution < -0.4 is 15.8 Å². The van der Waals surface area contributed by atoms with Crippen LogP contribution >= 0.6 is 15.9 Å². The van der Waals surface area contributed by atoms with Crippen LogP contribution in [0.4, 0.5) is 17.2 Å². The Hall–Kier alpha value is -3.78. The lowest BCUT2D eigenvalue weighted by atomic mass is 10.1. The molecule has 0 aliphatic rings. The van der Waals surface area contributed by atoms with Gasteiger partial charge >= 0.3 is 0 Å². The molecular formula is C23H17BrN6O. The van der Waals surface area contributed by atoms with Crippen molar-refractivity contribution in [3.63, 3.8) is 0 Å². The number of anilines is 3. The number of ether oxygens (including phenoxy) is 1. The fourth-order valence-electron chi connectivity index (χ4n) is 3.35. The minimum atomic E-state index is 0.251. The molecule has 0 spiro atoms. The molecule has 0 aliphatic carbocycles. The van der Waals surface area contributed by atoms with Gasteiger partial charge in [0.1, 0.15) is 17.5 Å². The predicted octanol–water partition coefficient (Wildman–Crippen LogP) is 5.76. The van der Waals surface area contributed by atoms with Crippen molar-refractivity contribution in [2.45, 2.75) is 6.92 Å². The number of rotatable bonds is 4. The Morgan fingerprint density at radius 1 is 0.935 bits per heavy atom. The average Bonchev–Trinajstić information content (AvgIpc) is 2.78. The molecule has 2 aromatic carbocycles. The van der Waals surface area contributed by atoms with E-state index in [1.807, 2.05) is 61.5 Å². The SMILES string of the molecule is Cc1ccc2c(Nc3ncnc(Oc4ccc(Br)c5cccnc45)c3N)cccc2n1. The third-order valence-corrected chi connectivity index (χ3v) is 5.55. The zero-order valence-corrected chi connectivity index (χ0v) is 18.1. The number of nitrogens with one attached hydrogen (secondary N) is 1. The number of nitrogens with two attached hydrogens (primary N) is 1. The van der Waals surface area contributed by atoms with Gasteiger partial charge in [-0.05, 0) is 49.4 Å². The molecule has 0 bridgehead atoms. The Balaban J connectivity index is 1.52. The standard InChI is InChI=1S/C23H17BrN6O/c1-13-7-8-15-17(29-13)5-2-6-18(15)30-22-20(25)23(28-12-27-22)31-19-10-9-16(24)14-4-3-11-26-21(14)19/h2-12H,25H2,1H3,(H,27,28,30). The average molecular weight is 473 g/mol. The van der Waals surface area contributed by atoms with Crippen molar-refractivity contribution >= 4 is 54.9 Å². The molecule has 3 aromatic heterocycles. The van der Waals surface area contributed by atoms with Crippen LogP contribution in [-0.4, -0.2) is 19.9 Å². The van der Waals surface area contributed by atoms with Crippen molar-refractivity contribution in [2.75, 3.05) is 11.1 Å². The maximum atomic E-state index is 6.36. The summed E-state index contributed by atoms with van der Waals surface area (Å²) in [7, 11) is 0. The first kappa shape index (κ1) is 19.2. The van der Waals surface area contributed by atoms with Crippen LogP contribution in [0.1, 0.15) is 5.69 Å². The van der Waals surface area contributed by atoms with Crippen LogP contribution in [0, 0.1) is 6.92 Å². The quantitative estimate of drug-likeness (QED) is 0.342. The number of pyridine rings is 2. The summed E-state index contributed by atoms with van der Waals surface area (Å²) in [5.74, 6) is 1.26. The molecule has 0 saturated carbocycles. The van der Waals surface area contributed by atoms with Gasteiger partial charge in [0.2, 0.25) is 5.88 Å². The number of hydrogen-bond acceptors (Lipinski definition) is 7. The van der Waals surface area contributed by atoms with Gasteiger partial charge in [-0.3, -0.25) is 9.97 Å². The molecule has 0 radical (unpaired) electrons. The number of hydrogen-bond donors (Lipinski definition) is 2. The fourth-order valence-corrected chi connectivity index (χ4v) is 3.80. The lowest BCUT2D eigenvalue weighted by Crippen LogP contribution is -2.04. The Morgan fingerprint density at radius 3 is 2.74 bits per heavy atom. The summed E-state index contributed by atoms with van der Waals surface area (Å²) < 4.78 is 6.98. The van der Waals surface area contributed by atoms with Crippen molar-refractivity contribution < 1.29 is 4.74 Å². The topological polar surface area (TPSA) is 98.8 Å². The number of aromatic nitrogens is 4. The highest BCUT2D eigenvalue weighted by Crippen LogP contribution is 2.36. The van der Waals surface area contributed by atoms with Crippen molar-refractivity contribution in [1.29, 1.82) is 0 Å². The third kappa shape index (κ3) is 3.62. The molecule has 0 atom stereocenters. The van der Waals surface area contributed by atoms with Gasteiger partial charge in [-0.1, -0.05) is 28.1 Å². The second-order valence-electron chi connectivity index (χ2n) is 6.94. The van der Waals surface area contributed by atoms with Crippen molar-refractivity contribution in [3.8, 4) is 11.6 Å². The molecule has 8 heteroatoms. The highest BCUT2D eigenvalue weighted by molar-refractivity contribution is 9.10. The molecule has 0 aliphatic heterocycles. The van der Waals surface area contributed by atoms with Crippen LogP contribution in [0.15, 0.2) is 71.6 Å². The van der Waals surface area contributed by atoms with Crippen molar-refractivity contribution in [2.24, 2.45) is 0 Å². The lowest BCUT2D eigenvalue weighted by Gasteiger charge is -2.14. The van der Waals surface area contributed by atoms with Gasteiger partial charge < -0.3 is 15.8 Å². The van der Waals surface area contributed by atoms with Crippen molar-refractivity contribution in [1.82, 2.24) is 19.9 Å². The maximum absolute atomic E-state index is 6.36. The third-order valence-electron chi connectivity index (χ3n) is 4.86. The fraction of sp³-hybridized carbons (Fsp3) is 0.0435. The predicted molar refractivity (Wildman–Crippen MR) is 126 cm³/mol. The first-order valence-corrected chi connectivity index (χ1v) is 10.3. The molecule has 5 rings (SSSR count). The van der Waals surface area contributed by atoms with Crippen LogP contribution in [0.3, 0.4) is 0 Å². The number of halogens is 1. The van der Waals surface area contributed by atoms with Gasteiger partial charge in [-0.25, -0.2) is 4.98 Å². The maximum Gasteiger partial charge on any atom is 0.248 e. The molecular weight excluding hydrogens is 456 g/mol. The van der Waals surface area contributed by atoms with E-state index in [9.17, 15) is 0 Å². The first-order chi connectivity index (χ1) is 15.1. The van der Waals surface area contributed by atoms with Crippen LogP contribution in [0.25, 0.3) is 21.8 Å². The minimum absolute atomic E-state index is 0.251. The highest BCUT2D eigenvalue weighted by Gasteiger charge is 2.14. The molecule has 31 heavy (non-hydrogen) atoms. The van der Waals surface area contributed by atoms with E-state index < -0.39 is 0 Å². The normalized spacial score (nSPS) is 11.0. The van der Waals surface area contributed by atoms with Crippen LogP contribution in [0.2, 0.25) is 0 Å². The molecule has 0 fully saturated rings. The summed E-state index contributed by atoms with van der Waals surface area (Å²) in [6.07, 6.45) is 3.13. The van der Waals surface area contributed by atoms with Gasteiger partial charge in [-0.2, -0.15) is 4.98 Å². The Morgan fingerprint density at radius 2 is 1.84 bits per heavy atom. The van der Waals surface area contributed by atoms with E-state index in [0.29, 0.717) is 22.8 Å². The van der Waals surface area contributed by atoms with Gasteiger partial charge in [0.15, 0.2) is 11.6 Å². The largest absolute Gasteiger partial charge is 0.435 e. The van der Waals surface area contributed by atoms with Crippen LogP contribution in [-0.2, 0) is 0 Å². The number of aryl methyl sites for hydroxylation is 1. The van der Waals surface area contributed by atoms with Gasteiger partial charge in [0, 0.05) is 32.8 Å². The molecule has 0 amide bonds. The van der Waals surface area contributed by atoms with Crippen molar-refractivity contribution in [3.05, 3.63) is 77.3 Å². The van der Waals surface area contributed by atoms with Crippen LogP contribution in [0.5, 0.6) is 11.6 Å².